The number of benzene rings is 1. The molecule has 2 heterocycles. The zero-order valence-corrected chi connectivity index (χ0v) is 16.3. The van der Waals surface area contributed by atoms with E-state index in [0.29, 0.717) is 50.7 Å². The van der Waals surface area contributed by atoms with Crippen LogP contribution in [-0.4, -0.2) is 46.6 Å². The van der Waals surface area contributed by atoms with E-state index >= 15 is 0 Å². The number of rotatable bonds is 7. The Morgan fingerprint density at radius 2 is 1.96 bits per heavy atom. The van der Waals surface area contributed by atoms with Crippen molar-refractivity contribution in [2.45, 2.75) is 39.7 Å². The number of nitrogens with zero attached hydrogens (tertiary/aromatic N) is 3. The Morgan fingerprint density at radius 1 is 1.25 bits per heavy atom. The lowest BCUT2D eigenvalue weighted by Gasteiger charge is -2.31. The fraction of sp³-hybridized carbons (Fsp3) is 0.500. The zero-order chi connectivity index (χ0) is 19.9. The van der Waals surface area contributed by atoms with E-state index in [9.17, 15) is 9.59 Å². The van der Waals surface area contributed by atoms with Crippen LogP contribution >= 0.6 is 0 Å². The molecule has 0 aliphatic carbocycles. The van der Waals surface area contributed by atoms with Crippen LogP contribution in [0, 0.1) is 12.8 Å². The smallest absolute Gasteiger partial charge is 0.246 e. The molecule has 3 rings (SSSR count). The summed E-state index contributed by atoms with van der Waals surface area (Å²) in [5.74, 6) is 1.70. The fourth-order valence-corrected chi connectivity index (χ4v) is 3.27. The van der Waals surface area contributed by atoms with Crippen LogP contribution in [0.15, 0.2) is 28.8 Å². The van der Waals surface area contributed by atoms with E-state index in [2.05, 4.69) is 15.5 Å². The number of aryl methyl sites for hydroxylation is 1. The number of ether oxygens (including phenoxy) is 1. The lowest BCUT2D eigenvalue weighted by atomic mass is 9.95. The van der Waals surface area contributed by atoms with Crippen molar-refractivity contribution in [3.8, 4) is 5.75 Å². The average molecular weight is 386 g/mol. The molecule has 0 spiro atoms. The van der Waals surface area contributed by atoms with Gasteiger partial charge < -0.3 is 19.5 Å². The minimum atomic E-state index is -0.0986. The van der Waals surface area contributed by atoms with Crippen LogP contribution in [0.1, 0.15) is 37.0 Å². The second-order valence-electron chi connectivity index (χ2n) is 6.86. The van der Waals surface area contributed by atoms with Crippen molar-refractivity contribution in [3.63, 3.8) is 0 Å². The molecule has 1 aliphatic heterocycles. The van der Waals surface area contributed by atoms with Crippen LogP contribution < -0.4 is 10.1 Å². The first kappa shape index (κ1) is 19.9. The van der Waals surface area contributed by atoms with Gasteiger partial charge in [-0.05, 0) is 44.4 Å². The minimum Gasteiger partial charge on any atom is -0.494 e. The van der Waals surface area contributed by atoms with Crippen molar-refractivity contribution in [1.82, 2.24) is 20.4 Å². The minimum absolute atomic E-state index is 0.0329. The van der Waals surface area contributed by atoms with Crippen LogP contribution in [0.5, 0.6) is 5.75 Å². The van der Waals surface area contributed by atoms with Crippen LogP contribution in [0.4, 0.5) is 0 Å². The first-order valence-corrected chi connectivity index (χ1v) is 9.61. The first-order chi connectivity index (χ1) is 13.5. The number of likely N-dealkylation sites (tertiary alicyclic amines) is 1. The number of amides is 2. The van der Waals surface area contributed by atoms with Crippen molar-refractivity contribution in [1.29, 1.82) is 0 Å². The third-order valence-electron chi connectivity index (χ3n) is 4.79. The highest BCUT2D eigenvalue weighted by Crippen LogP contribution is 2.19. The quantitative estimate of drug-likeness (QED) is 0.780. The molecule has 2 aromatic rings. The molecule has 0 radical (unpaired) electrons. The van der Waals surface area contributed by atoms with Crippen molar-refractivity contribution in [3.05, 3.63) is 41.5 Å². The molecule has 1 aliphatic rings. The van der Waals surface area contributed by atoms with Gasteiger partial charge in [0.05, 0.1) is 19.6 Å². The number of piperidine rings is 1. The van der Waals surface area contributed by atoms with Gasteiger partial charge in [-0.3, -0.25) is 9.59 Å². The van der Waals surface area contributed by atoms with E-state index in [1.165, 1.54) is 0 Å². The molecule has 1 saturated heterocycles. The maximum absolute atomic E-state index is 12.5. The molecular formula is C20H26N4O4. The van der Waals surface area contributed by atoms with E-state index < -0.39 is 0 Å². The monoisotopic (exact) mass is 386 g/mol. The first-order valence-electron chi connectivity index (χ1n) is 9.61. The molecule has 8 nitrogen and oxygen atoms in total. The standard InChI is InChI=1S/C20H26N4O4/c1-3-27-17-6-4-15(5-7-17)12-19(25)24-10-8-16(9-11-24)20(26)21-13-18-22-14(2)23-28-18/h4-7,16H,3,8-13H2,1-2H3,(H,21,26). The number of aromatic nitrogens is 2. The van der Waals surface area contributed by atoms with Gasteiger partial charge in [0.25, 0.3) is 0 Å². The van der Waals surface area contributed by atoms with Crippen LogP contribution in [-0.2, 0) is 22.6 Å². The van der Waals surface area contributed by atoms with E-state index in [4.69, 9.17) is 9.26 Å². The normalized spacial score (nSPS) is 14.7. The molecule has 1 aromatic carbocycles. The summed E-state index contributed by atoms with van der Waals surface area (Å²) in [7, 11) is 0. The number of hydrogen-bond donors (Lipinski definition) is 1. The van der Waals surface area contributed by atoms with Gasteiger partial charge in [0.1, 0.15) is 5.75 Å². The van der Waals surface area contributed by atoms with E-state index in [1.54, 1.807) is 6.92 Å². The molecule has 0 bridgehead atoms. The molecule has 0 atom stereocenters. The summed E-state index contributed by atoms with van der Waals surface area (Å²) in [6.07, 6.45) is 1.67. The Kier molecular flexibility index (Phi) is 6.62. The van der Waals surface area contributed by atoms with Gasteiger partial charge >= 0.3 is 0 Å². The molecule has 28 heavy (non-hydrogen) atoms. The Hall–Kier alpha value is -2.90. The Labute approximate surface area is 164 Å². The van der Waals surface area contributed by atoms with Crippen LogP contribution in [0.25, 0.3) is 0 Å². The lowest BCUT2D eigenvalue weighted by molar-refractivity contribution is -0.135. The Morgan fingerprint density at radius 3 is 2.57 bits per heavy atom. The predicted octanol–water partition coefficient (Wildman–Crippen LogP) is 1.87. The number of nitrogens with one attached hydrogen (secondary N) is 1. The maximum Gasteiger partial charge on any atom is 0.246 e. The highest BCUT2D eigenvalue weighted by molar-refractivity contribution is 5.81. The van der Waals surface area contributed by atoms with Gasteiger partial charge in [0.15, 0.2) is 5.82 Å². The topological polar surface area (TPSA) is 97.6 Å². The average Bonchev–Trinajstić information content (AvgIpc) is 3.13. The Bertz CT molecular complexity index is 795. The van der Waals surface area contributed by atoms with E-state index in [0.717, 1.165) is 11.3 Å². The summed E-state index contributed by atoms with van der Waals surface area (Å²) >= 11 is 0. The van der Waals surface area contributed by atoms with Gasteiger partial charge in [-0.2, -0.15) is 4.98 Å². The molecule has 0 unspecified atom stereocenters. The van der Waals surface area contributed by atoms with Crippen molar-refractivity contribution >= 4 is 11.8 Å². The molecule has 150 valence electrons. The summed E-state index contributed by atoms with van der Waals surface area (Å²) < 4.78 is 10.4. The molecular weight excluding hydrogens is 360 g/mol. The lowest BCUT2D eigenvalue weighted by Crippen LogP contribution is -2.43. The van der Waals surface area contributed by atoms with Crippen LogP contribution in [0.2, 0.25) is 0 Å². The highest BCUT2D eigenvalue weighted by Gasteiger charge is 2.27. The van der Waals surface area contributed by atoms with Gasteiger partial charge in [0, 0.05) is 19.0 Å². The number of hydrogen-bond acceptors (Lipinski definition) is 6. The van der Waals surface area contributed by atoms with Crippen molar-refractivity contribution in [2.24, 2.45) is 5.92 Å². The third-order valence-corrected chi connectivity index (χ3v) is 4.79. The van der Waals surface area contributed by atoms with Crippen molar-refractivity contribution in [2.75, 3.05) is 19.7 Å². The molecule has 0 saturated carbocycles. The van der Waals surface area contributed by atoms with Gasteiger partial charge in [-0.25, -0.2) is 0 Å². The zero-order valence-electron chi connectivity index (χ0n) is 16.3. The second kappa shape index (κ2) is 9.34. The molecule has 1 fully saturated rings. The summed E-state index contributed by atoms with van der Waals surface area (Å²) in [6.45, 7) is 5.70. The molecule has 2 amide bonds. The van der Waals surface area contributed by atoms with E-state index in [1.807, 2.05) is 36.1 Å². The summed E-state index contributed by atoms with van der Waals surface area (Å²) in [5, 5.41) is 6.53. The van der Waals surface area contributed by atoms with Crippen LogP contribution in [0.3, 0.4) is 0 Å². The molecule has 1 aromatic heterocycles. The van der Waals surface area contributed by atoms with Gasteiger partial charge in [-0.15, -0.1) is 0 Å². The molecule has 1 N–H and O–H groups in total. The number of carbonyl (C=O) groups excluding carboxylic acids is 2. The fourth-order valence-electron chi connectivity index (χ4n) is 3.27. The molecule has 8 heteroatoms. The van der Waals surface area contributed by atoms with Gasteiger partial charge in [0.2, 0.25) is 17.7 Å². The maximum atomic E-state index is 12.5. The largest absolute Gasteiger partial charge is 0.494 e. The number of carbonyl (C=O) groups is 2. The summed E-state index contributed by atoms with van der Waals surface area (Å²) in [5.41, 5.74) is 0.961. The van der Waals surface area contributed by atoms with Crippen molar-refractivity contribution < 1.29 is 18.8 Å². The SMILES string of the molecule is CCOc1ccc(CC(=O)N2CCC(C(=O)NCc3nc(C)no3)CC2)cc1. The Balaban J connectivity index is 1.42. The third kappa shape index (κ3) is 5.31. The summed E-state index contributed by atoms with van der Waals surface area (Å²) in [6, 6.07) is 7.60. The second-order valence-corrected chi connectivity index (χ2v) is 6.86. The highest BCUT2D eigenvalue weighted by atomic mass is 16.5. The predicted molar refractivity (Wildman–Crippen MR) is 102 cm³/mol. The van der Waals surface area contributed by atoms with E-state index in [-0.39, 0.29) is 24.3 Å². The van der Waals surface area contributed by atoms with Gasteiger partial charge in [-0.1, -0.05) is 17.3 Å². The summed E-state index contributed by atoms with van der Waals surface area (Å²) in [4.78, 5) is 30.7.